The molecule has 138 valence electrons. The number of halogens is 2. The van der Waals surface area contributed by atoms with E-state index in [-0.39, 0.29) is 16.4 Å². The van der Waals surface area contributed by atoms with Gasteiger partial charge in [-0.25, -0.2) is 0 Å². The van der Waals surface area contributed by atoms with Crippen molar-refractivity contribution in [3.05, 3.63) is 84.5 Å². The number of hydrogen-bond donors (Lipinski definition) is 1. The van der Waals surface area contributed by atoms with Gasteiger partial charge >= 0.3 is 0 Å². The zero-order chi connectivity index (χ0) is 19.4. The third-order valence-electron chi connectivity index (χ3n) is 3.51. The smallest absolute Gasteiger partial charge is 0.271 e. The first kappa shape index (κ1) is 19.2. The number of nitrogens with one attached hydrogen (secondary N) is 1. The summed E-state index contributed by atoms with van der Waals surface area (Å²) in [6.07, 6.45) is 0. The third-order valence-corrected chi connectivity index (χ3v) is 5.06. The normalized spacial score (nSPS) is 10.4. The molecule has 1 aromatic heterocycles. The fourth-order valence-electron chi connectivity index (χ4n) is 2.17. The van der Waals surface area contributed by atoms with Gasteiger partial charge in [0.05, 0.1) is 20.5 Å². The topological polar surface area (TPSA) is 81.5 Å². The molecule has 0 atom stereocenters. The van der Waals surface area contributed by atoms with Gasteiger partial charge in [0.2, 0.25) is 0 Å². The lowest BCUT2D eigenvalue weighted by molar-refractivity contribution is -0.384. The Morgan fingerprint density at radius 1 is 1.15 bits per heavy atom. The quantitative estimate of drug-likeness (QED) is 0.402. The Bertz CT molecular complexity index is 989. The molecule has 9 heteroatoms. The van der Waals surface area contributed by atoms with Crippen LogP contribution >= 0.6 is 34.5 Å². The average Bonchev–Trinajstić information content (AvgIpc) is 3.12. The molecular formula is C18H12Cl2N2O4S. The van der Waals surface area contributed by atoms with Crippen LogP contribution in [-0.4, -0.2) is 10.8 Å². The van der Waals surface area contributed by atoms with Crippen LogP contribution in [0.25, 0.3) is 0 Å². The molecule has 0 fully saturated rings. The van der Waals surface area contributed by atoms with Gasteiger partial charge in [0, 0.05) is 22.7 Å². The number of rotatable bonds is 6. The maximum absolute atomic E-state index is 12.4. The molecule has 1 amide bonds. The fourth-order valence-corrected chi connectivity index (χ4v) is 3.26. The number of ether oxygens (including phenoxy) is 1. The van der Waals surface area contributed by atoms with Crippen LogP contribution in [-0.2, 0) is 6.61 Å². The fraction of sp³-hybridized carbons (Fsp3) is 0.0556. The SMILES string of the molecule is O=C(Nc1cc([N+](=O)[O-])ccc1Cl)c1cc(COc2ccc(Cl)cc2)cs1. The first-order chi connectivity index (χ1) is 12.9. The van der Waals surface area contributed by atoms with Crippen LogP contribution in [0.5, 0.6) is 5.75 Å². The van der Waals surface area contributed by atoms with Gasteiger partial charge in [-0.15, -0.1) is 11.3 Å². The highest BCUT2D eigenvalue weighted by molar-refractivity contribution is 7.12. The van der Waals surface area contributed by atoms with E-state index in [4.69, 9.17) is 27.9 Å². The van der Waals surface area contributed by atoms with Crippen LogP contribution in [0.15, 0.2) is 53.9 Å². The van der Waals surface area contributed by atoms with E-state index in [1.807, 2.05) is 0 Å². The summed E-state index contributed by atoms with van der Waals surface area (Å²) in [4.78, 5) is 23.1. The Labute approximate surface area is 168 Å². The number of thiophene rings is 1. The zero-order valence-corrected chi connectivity index (χ0v) is 16.0. The molecule has 0 bridgehead atoms. The van der Waals surface area contributed by atoms with E-state index >= 15 is 0 Å². The molecule has 3 aromatic rings. The molecule has 6 nitrogen and oxygen atoms in total. The van der Waals surface area contributed by atoms with Gasteiger partial charge in [-0.3, -0.25) is 14.9 Å². The van der Waals surface area contributed by atoms with Gasteiger partial charge < -0.3 is 10.1 Å². The Kier molecular flexibility index (Phi) is 5.95. The highest BCUT2D eigenvalue weighted by Gasteiger charge is 2.15. The molecule has 0 unspecified atom stereocenters. The molecule has 0 saturated heterocycles. The highest BCUT2D eigenvalue weighted by Crippen LogP contribution is 2.28. The summed E-state index contributed by atoms with van der Waals surface area (Å²) in [7, 11) is 0. The van der Waals surface area contributed by atoms with Gasteiger partial charge in [0.1, 0.15) is 12.4 Å². The van der Waals surface area contributed by atoms with Crippen molar-refractivity contribution in [3.8, 4) is 5.75 Å². The molecule has 0 aliphatic carbocycles. The Morgan fingerprint density at radius 3 is 2.59 bits per heavy atom. The Morgan fingerprint density at radius 2 is 1.89 bits per heavy atom. The molecule has 0 radical (unpaired) electrons. The van der Waals surface area contributed by atoms with E-state index < -0.39 is 10.8 Å². The molecule has 3 rings (SSSR count). The number of benzene rings is 2. The molecule has 0 saturated carbocycles. The van der Waals surface area contributed by atoms with E-state index in [0.717, 1.165) is 5.56 Å². The van der Waals surface area contributed by atoms with Crippen LogP contribution in [0, 0.1) is 10.1 Å². The molecule has 2 aromatic carbocycles. The predicted octanol–water partition coefficient (Wildman–Crippen LogP) is 5.79. The Balaban J connectivity index is 1.65. The number of nitro groups is 1. The molecule has 0 spiro atoms. The van der Waals surface area contributed by atoms with Crippen LogP contribution < -0.4 is 10.1 Å². The second kappa shape index (κ2) is 8.39. The standard InChI is InChI=1S/C18H12Cl2N2O4S/c19-12-1-4-14(5-2-12)26-9-11-7-17(27-10-11)18(23)21-16-8-13(22(24)25)3-6-15(16)20/h1-8,10H,9H2,(H,21,23). The zero-order valence-electron chi connectivity index (χ0n) is 13.6. The molecule has 0 aliphatic rings. The average molecular weight is 423 g/mol. The second-order valence-corrected chi connectivity index (χ2v) is 7.19. The van der Waals surface area contributed by atoms with Crippen molar-refractivity contribution in [2.75, 3.05) is 5.32 Å². The summed E-state index contributed by atoms with van der Waals surface area (Å²) in [6, 6.07) is 12.5. The predicted molar refractivity (Wildman–Crippen MR) is 106 cm³/mol. The van der Waals surface area contributed by atoms with Crippen molar-refractivity contribution in [2.24, 2.45) is 0 Å². The minimum absolute atomic E-state index is 0.155. The Hall–Kier alpha value is -2.61. The van der Waals surface area contributed by atoms with Gasteiger partial charge in [-0.1, -0.05) is 23.2 Å². The maximum Gasteiger partial charge on any atom is 0.271 e. The van der Waals surface area contributed by atoms with E-state index in [0.29, 0.717) is 22.3 Å². The minimum atomic E-state index is -0.552. The van der Waals surface area contributed by atoms with E-state index in [1.54, 1.807) is 35.7 Å². The summed E-state index contributed by atoms with van der Waals surface area (Å²) in [6.45, 7) is 0.295. The lowest BCUT2D eigenvalue weighted by Gasteiger charge is -2.06. The van der Waals surface area contributed by atoms with Crippen molar-refractivity contribution >= 4 is 51.8 Å². The number of nitrogens with zero attached hydrogens (tertiary/aromatic N) is 1. The van der Waals surface area contributed by atoms with Crippen molar-refractivity contribution in [3.63, 3.8) is 0 Å². The van der Waals surface area contributed by atoms with Gasteiger partial charge in [-0.2, -0.15) is 0 Å². The first-order valence-corrected chi connectivity index (χ1v) is 9.27. The van der Waals surface area contributed by atoms with Crippen molar-refractivity contribution in [2.45, 2.75) is 6.61 Å². The van der Waals surface area contributed by atoms with Crippen LogP contribution in [0.3, 0.4) is 0 Å². The van der Waals surface area contributed by atoms with Crippen LogP contribution in [0.1, 0.15) is 15.2 Å². The number of anilines is 1. The monoisotopic (exact) mass is 422 g/mol. The minimum Gasteiger partial charge on any atom is -0.489 e. The molecular weight excluding hydrogens is 411 g/mol. The summed E-state index contributed by atoms with van der Waals surface area (Å²) in [5.41, 5.74) is 0.853. The second-order valence-electron chi connectivity index (χ2n) is 5.44. The van der Waals surface area contributed by atoms with Gasteiger partial charge in [0.25, 0.3) is 11.6 Å². The number of nitro benzene ring substituents is 1. The summed E-state index contributed by atoms with van der Waals surface area (Å²) in [5.74, 6) is 0.264. The number of non-ortho nitro benzene ring substituents is 1. The summed E-state index contributed by atoms with van der Waals surface area (Å²) >= 11 is 13.1. The highest BCUT2D eigenvalue weighted by atomic mass is 35.5. The van der Waals surface area contributed by atoms with Crippen LogP contribution in [0.2, 0.25) is 10.0 Å². The van der Waals surface area contributed by atoms with Crippen molar-refractivity contribution in [1.29, 1.82) is 0 Å². The van der Waals surface area contributed by atoms with E-state index in [9.17, 15) is 14.9 Å². The van der Waals surface area contributed by atoms with Crippen molar-refractivity contribution in [1.82, 2.24) is 0 Å². The number of hydrogen-bond acceptors (Lipinski definition) is 5. The third kappa shape index (κ3) is 4.97. The first-order valence-electron chi connectivity index (χ1n) is 7.63. The van der Waals surface area contributed by atoms with Crippen LogP contribution in [0.4, 0.5) is 11.4 Å². The maximum atomic E-state index is 12.4. The lowest BCUT2D eigenvalue weighted by atomic mass is 10.2. The molecule has 0 aliphatic heterocycles. The van der Waals surface area contributed by atoms with E-state index in [2.05, 4.69) is 5.32 Å². The largest absolute Gasteiger partial charge is 0.489 e. The van der Waals surface area contributed by atoms with Gasteiger partial charge in [0.15, 0.2) is 0 Å². The lowest BCUT2D eigenvalue weighted by Crippen LogP contribution is -2.10. The van der Waals surface area contributed by atoms with Crippen molar-refractivity contribution < 1.29 is 14.5 Å². The summed E-state index contributed by atoms with van der Waals surface area (Å²) < 4.78 is 5.64. The number of amides is 1. The van der Waals surface area contributed by atoms with Gasteiger partial charge in [-0.05, 0) is 41.8 Å². The summed E-state index contributed by atoms with van der Waals surface area (Å²) in [5, 5.41) is 16.1. The number of carbonyl (C=O) groups excluding carboxylic acids is 1. The number of carbonyl (C=O) groups is 1. The molecule has 1 N–H and O–H groups in total. The molecule has 1 heterocycles. The van der Waals surface area contributed by atoms with E-state index in [1.165, 1.54) is 29.5 Å². The molecule has 27 heavy (non-hydrogen) atoms.